The Kier molecular flexibility index (Phi) is 6.81. The third-order valence-corrected chi connectivity index (χ3v) is 4.19. The molecule has 2 amide bonds. The number of hydrogen-bond donors (Lipinski definition) is 2. The first kappa shape index (κ1) is 18.0. The van der Waals surface area contributed by atoms with Crippen LogP contribution < -0.4 is 10.6 Å². The average Bonchev–Trinajstić information content (AvgIpc) is 2.57. The zero-order valence-electron chi connectivity index (χ0n) is 13.3. The molecule has 0 aliphatic rings. The Morgan fingerprint density at radius 2 is 1.58 bits per heavy atom. The smallest absolute Gasteiger partial charge is 0.234 e. The molecule has 0 heterocycles. The van der Waals surface area contributed by atoms with Crippen LogP contribution in [-0.4, -0.2) is 23.3 Å². The molecule has 4 nitrogen and oxygen atoms in total. The van der Waals surface area contributed by atoms with Gasteiger partial charge in [-0.15, -0.1) is 11.8 Å². The molecule has 126 valence electrons. The van der Waals surface area contributed by atoms with E-state index < -0.39 is 5.82 Å². The zero-order valence-corrected chi connectivity index (χ0v) is 14.2. The molecule has 0 spiro atoms. The number of thioether (sulfide) groups is 1. The molecule has 0 aliphatic carbocycles. The first-order valence-corrected chi connectivity index (χ1v) is 8.75. The van der Waals surface area contributed by atoms with Gasteiger partial charge in [-0.05, 0) is 36.2 Å². The van der Waals surface area contributed by atoms with Gasteiger partial charge < -0.3 is 10.6 Å². The molecule has 0 radical (unpaired) electrons. The van der Waals surface area contributed by atoms with Crippen molar-refractivity contribution in [2.45, 2.75) is 13.3 Å². The molecule has 0 atom stereocenters. The minimum Gasteiger partial charge on any atom is -0.325 e. The van der Waals surface area contributed by atoms with E-state index in [2.05, 4.69) is 17.6 Å². The normalized spacial score (nSPS) is 10.2. The number of carbonyl (C=O) groups excluding carboxylic acids is 2. The lowest BCUT2D eigenvalue weighted by Crippen LogP contribution is -2.18. The molecular weight excluding hydrogens is 327 g/mol. The quantitative estimate of drug-likeness (QED) is 0.804. The molecule has 0 saturated heterocycles. The van der Waals surface area contributed by atoms with E-state index in [0.717, 1.165) is 12.1 Å². The Bertz CT molecular complexity index is 704. The minimum absolute atomic E-state index is 0.0799. The molecule has 2 aromatic carbocycles. The number of hydrogen-bond acceptors (Lipinski definition) is 3. The van der Waals surface area contributed by atoms with Gasteiger partial charge in [0.05, 0.1) is 17.2 Å². The van der Waals surface area contributed by atoms with Gasteiger partial charge in [0, 0.05) is 5.69 Å². The first-order valence-electron chi connectivity index (χ1n) is 7.59. The Balaban J connectivity index is 1.71. The highest BCUT2D eigenvalue weighted by Crippen LogP contribution is 2.14. The van der Waals surface area contributed by atoms with Crippen molar-refractivity contribution < 1.29 is 14.0 Å². The third kappa shape index (κ3) is 5.70. The summed E-state index contributed by atoms with van der Waals surface area (Å²) in [6.07, 6.45) is 0.946. The van der Waals surface area contributed by atoms with Gasteiger partial charge in [-0.1, -0.05) is 31.2 Å². The minimum atomic E-state index is -0.482. The number of amides is 2. The predicted molar refractivity (Wildman–Crippen MR) is 96.8 cm³/mol. The van der Waals surface area contributed by atoms with Crippen LogP contribution in [0.15, 0.2) is 48.5 Å². The van der Waals surface area contributed by atoms with E-state index in [4.69, 9.17) is 0 Å². The molecule has 24 heavy (non-hydrogen) atoms. The van der Waals surface area contributed by atoms with E-state index in [-0.39, 0.29) is 29.0 Å². The second-order valence-electron chi connectivity index (χ2n) is 5.12. The number of anilines is 2. The Hall–Kier alpha value is -2.34. The molecule has 0 aromatic heterocycles. The van der Waals surface area contributed by atoms with E-state index in [0.29, 0.717) is 0 Å². The molecule has 0 aliphatic heterocycles. The van der Waals surface area contributed by atoms with Gasteiger partial charge in [0.15, 0.2) is 0 Å². The number of aryl methyl sites for hydroxylation is 1. The highest BCUT2D eigenvalue weighted by molar-refractivity contribution is 8.00. The number of halogens is 1. The molecular formula is C18H19FN2O2S. The average molecular weight is 346 g/mol. The largest absolute Gasteiger partial charge is 0.325 e. The van der Waals surface area contributed by atoms with Crippen LogP contribution in [0.5, 0.6) is 0 Å². The van der Waals surface area contributed by atoms with Crippen molar-refractivity contribution in [3.05, 3.63) is 59.9 Å². The van der Waals surface area contributed by atoms with Gasteiger partial charge in [0.25, 0.3) is 0 Å². The van der Waals surface area contributed by atoms with Crippen LogP contribution in [0.4, 0.5) is 15.8 Å². The van der Waals surface area contributed by atoms with Crippen molar-refractivity contribution in [3.8, 4) is 0 Å². The highest BCUT2D eigenvalue weighted by atomic mass is 32.2. The van der Waals surface area contributed by atoms with Crippen molar-refractivity contribution in [1.82, 2.24) is 0 Å². The summed E-state index contributed by atoms with van der Waals surface area (Å²) >= 11 is 1.17. The lowest BCUT2D eigenvalue weighted by atomic mass is 10.1. The third-order valence-electron chi connectivity index (χ3n) is 3.26. The maximum absolute atomic E-state index is 13.4. The number of carbonyl (C=O) groups is 2. The standard InChI is InChI=1S/C18H19FN2O2S/c1-2-13-7-9-14(10-8-13)20-17(22)11-24-12-18(23)21-16-6-4-3-5-15(16)19/h3-10H,2,11-12H2,1H3,(H,20,22)(H,21,23). The Labute approximate surface area is 144 Å². The van der Waals surface area contributed by atoms with Crippen LogP contribution in [0.25, 0.3) is 0 Å². The summed E-state index contributed by atoms with van der Waals surface area (Å²) in [5.74, 6) is -0.770. The number of para-hydroxylation sites is 1. The van der Waals surface area contributed by atoms with Gasteiger partial charge in [-0.25, -0.2) is 4.39 Å². The zero-order chi connectivity index (χ0) is 17.4. The molecule has 6 heteroatoms. The first-order chi connectivity index (χ1) is 11.6. The van der Waals surface area contributed by atoms with E-state index in [1.807, 2.05) is 24.3 Å². The highest BCUT2D eigenvalue weighted by Gasteiger charge is 2.08. The summed E-state index contributed by atoms with van der Waals surface area (Å²) in [6, 6.07) is 13.6. The van der Waals surface area contributed by atoms with Gasteiger partial charge in [0.2, 0.25) is 11.8 Å². The predicted octanol–water partition coefficient (Wildman–Crippen LogP) is 3.70. The fourth-order valence-electron chi connectivity index (χ4n) is 2.01. The van der Waals surface area contributed by atoms with Crippen LogP contribution in [0.1, 0.15) is 12.5 Å². The lowest BCUT2D eigenvalue weighted by molar-refractivity contribution is -0.114. The van der Waals surface area contributed by atoms with Crippen molar-refractivity contribution >= 4 is 35.0 Å². The Morgan fingerprint density at radius 1 is 0.958 bits per heavy atom. The monoisotopic (exact) mass is 346 g/mol. The number of nitrogens with one attached hydrogen (secondary N) is 2. The maximum Gasteiger partial charge on any atom is 0.234 e. The van der Waals surface area contributed by atoms with E-state index >= 15 is 0 Å². The molecule has 0 saturated carbocycles. The van der Waals surface area contributed by atoms with Gasteiger partial charge in [0.1, 0.15) is 5.82 Å². The second-order valence-corrected chi connectivity index (χ2v) is 6.11. The van der Waals surface area contributed by atoms with Crippen LogP contribution in [-0.2, 0) is 16.0 Å². The van der Waals surface area contributed by atoms with Crippen molar-refractivity contribution in [2.75, 3.05) is 22.1 Å². The summed E-state index contributed by atoms with van der Waals surface area (Å²) in [5, 5.41) is 5.25. The summed E-state index contributed by atoms with van der Waals surface area (Å²) in [6.45, 7) is 2.07. The van der Waals surface area contributed by atoms with E-state index in [9.17, 15) is 14.0 Å². The fraction of sp³-hybridized carbons (Fsp3) is 0.222. The van der Waals surface area contributed by atoms with Gasteiger partial charge in [-0.3, -0.25) is 9.59 Å². The van der Waals surface area contributed by atoms with E-state index in [1.165, 1.54) is 29.5 Å². The van der Waals surface area contributed by atoms with Crippen molar-refractivity contribution in [3.63, 3.8) is 0 Å². The molecule has 2 aromatic rings. The van der Waals surface area contributed by atoms with Crippen LogP contribution in [0, 0.1) is 5.82 Å². The topological polar surface area (TPSA) is 58.2 Å². The molecule has 0 bridgehead atoms. The number of benzene rings is 2. The van der Waals surface area contributed by atoms with Gasteiger partial charge >= 0.3 is 0 Å². The summed E-state index contributed by atoms with van der Waals surface area (Å²) in [7, 11) is 0. The van der Waals surface area contributed by atoms with Gasteiger partial charge in [-0.2, -0.15) is 0 Å². The lowest BCUT2D eigenvalue weighted by Gasteiger charge is -2.07. The van der Waals surface area contributed by atoms with Crippen LogP contribution >= 0.6 is 11.8 Å². The summed E-state index contributed by atoms with van der Waals surface area (Å²) < 4.78 is 13.4. The van der Waals surface area contributed by atoms with Crippen molar-refractivity contribution in [1.29, 1.82) is 0 Å². The maximum atomic E-state index is 13.4. The van der Waals surface area contributed by atoms with E-state index in [1.54, 1.807) is 12.1 Å². The SMILES string of the molecule is CCc1ccc(NC(=O)CSCC(=O)Nc2ccccc2F)cc1. The summed E-state index contributed by atoms with van der Waals surface area (Å²) in [4.78, 5) is 23.6. The molecule has 2 N–H and O–H groups in total. The van der Waals surface area contributed by atoms with Crippen LogP contribution in [0.2, 0.25) is 0 Å². The Morgan fingerprint density at radius 3 is 2.21 bits per heavy atom. The molecule has 2 rings (SSSR count). The van der Waals surface area contributed by atoms with Crippen molar-refractivity contribution in [2.24, 2.45) is 0 Å². The molecule has 0 fully saturated rings. The second kappa shape index (κ2) is 9.08. The number of rotatable bonds is 7. The van der Waals surface area contributed by atoms with Crippen LogP contribution in [0.3, 0.4) is 0 Å². The summed E-state index contributed by atoms with van der Waals surface area (Å²) in [5.41, 5.74) is 2.07. The molecule has 0 unspecified atom stereocenters. The fourth-order valence-corrected chi connectivity index (χ4v) is 2.62.